The van der Waals surface area contributed by atoms with E-state index in [0.29, 0.717) is 25.6 Å². The molecule has 5 nitrogen and oxygen atoms in total. The second-order valence-corrected chi connectivity index (χ2v) is 3.50. The molecule has 0 bridgehead atoms. The fourth-order valence-electron chi connectivity index (χ4n) is 1.46. The van der Waals surface area contributed by atoms with Crippen LogP contribution in [0.15, 0.2) is 6.33 Å². The van der Waals surface area contributed by atoms with E-state index in [1.54, 1.807) is 0 Å². The van der Waals surface area contributed by atoms with E-state index in [-0.39, 0.29) is 18.4 Å². The Morgan fingerprint density at radius 1 is 1.53 bits per heavy atom. The average molecular weight is 273 g/mol. The first-order chi connectivity index (χ1) is 7.54. The van der Waals surface area contributed by atoms with E-state index in [2.05, 4.69) is 15.4 Å². The molecule has 0 amide bonds. The highest BCUT2D eigenvalue weighted by molar-refractivity contribution is 5.85. The first-order valence-electron chi connectivity index (χ1n) is 4.82. The number of halogens is 4. The van der Waals surface area contributed by atoms with Crippen molar-refractivity contribution in [3.63, 3.8) is 0 Å². The Labute approximate surface area is 102 Å². The van der Waals surface area contributed by atoms with Crippen LogP contribution in [0, 0.1) is 0 Å². The molecule has 1 N–H and O–H groups in total. The lowest BCUT2D eigenvalue weighted by Gasteiger charge is -2.20. The summed E-state index contributed by atoms with van der Waals surface area (Å²) in [5, 5.41) is 6.83. The van der Waals surface area contributed by atoms with Crippen LogP contribution in [0.25, 0.3) is 0 Å². The summed E-state index contributed by atoms with van der Waals surface area (Å²) < 4.78 is 42.1. The number of aromatic nitrogens is 3. The second-order valence-electron chi connectivity index (χ2n) is 3.50. The third-order valence-corrected chi connectivity index (χ3v) is 2.13. The Balaban J connectivity index is 0.00000144. The van der Waals surface area contributed by atoms with E-state index in [1.807, 2.05) is 0 Å². The normalized spacial score (nSPS) is 21.0. The number of rotatable bonds is 2. The van der Waals surface area contributed by atoms with Gasteiger partial charge in [-0.3, -0.25) is 0 Å². The number of nitrogens with zero attached hydrogens (tertiary/aromatic N) is 3. The fourth-order valence-corrected chi connectivity index (χ4v) is 1.46. The number of hydrogen-bond donors (Lipinski definition) is 1. The summed E-state index contributed by atoms with van der Waals surface area (Å²) in [6.07, 6.45) is -3.19. The molecule has 2 heterocycles. The minimum atomic E-state index is -4.28. The van der Waals surface area contributed by atoms with E-state index in [1.165, 1.54) is 0 Å². The van der Waals surface area contributed by atoms with Crippen LogP contribution >= 0.6 is 12.4 Å². The zero-order valence-corrected chi connectivity index (χ0v) is 9.59. The molecule has 1 aliphatic heterocycles. The van der Waals surface area contributed by atoms with Gasteiger partial charge in [0.1, 0.15) is 12.9 Å². The van der Waals surface area contributed by atoms with Crippen molar-refractivity contribution >= 4 is 12.4 Å². The quantitative estimate of drug-likeness (QED) is 0.870. The van der Waals surface area contributed by atoms with Crippen LogP contribution in [-0.2, 0) is 11.3 Å². The number of ether oxygens (including phenoxy) is 1. The van der Waals surface area contributed by atoms with Gasteiger partial charge in [0.25, 0.3) is 0 Å². The Bertz CT molecular complexity index is 351. The highest BCUT2D eigenvalue weighted by atomic mass is 35.5. The minimum Gasteiger partial charge on any atom is -0.378 e. The van der Waals surface area contributed by atoms with Gasteiger partial charge in [-0.2, -0.15) is 18.3 Å². The molecule has 0 saturated carbocycles. The van der Waals surface area contributed by atoms with Gasteiger partial charge < -0.3 is 10.1 Å². The van der Waals surface area contributed by atoms with Gasteiger partial charge in [0.05, 0.1) is 19.3 Å². The molecule has 1 unspecified atom stereocenters. The van der Waals surface area contributed by atoms with Crippen molar-refractivity contribution in [3.05, 3.63) is 12.2 Å². The first-order valence-corrected chi connectivity index (χ1v) is 4.82. The van der Waals surface area contributed by atoms with Crippen LogP contribution < -0.4 is 5.32 Å². The summed E-state index contributed by atoms with van der Waals surface area (Å²) in [5.74, 6) is 0.337. The van der Waals surface area contributed by atoms with E-state index < -0.39 is 12.7 Å². The van der Waals surface area contributed by atoms with Crippen LogP contribution in [0.4, 0.5) is 13.2 Å². The van der Waals surface area contributed by atoms with Crippen molar-refractivity contribution in [3.8, 4) is 0 Å². The molecular weight excluding hydrogens is 261 g/mol. The summed E-state index contributed by atoms with van der Waals surface area (Å²) in [5.41, 5.74) is 0. The summed E-state index contributed by atoms with van der Waals surface area (Å²) in [6, 6.07) is -0.219. The van der Waals surface area contributed by atoms with Crippen LogP contribution in [0.3, 0.4) is 0 Å². The van der Waals surface area contributed by atoms with E-state index >= 15 is 0 Å². The molecule has 1 atom stereocenters. The Kier molecular flexibility index (Phi) is 4.72. The number of alkyl halides is 3. The summed E-state index contributed by atoms with van der Waals surface area (Å²) >= 11 is 0. The predicted octanol–water partition coefficient (Wildman–Crippen LogP) is 0.923. The smallest absolute Gasteiger partial charge is 0.378 e. The Morgan fingerprint density at radius 2 is 2.29 bits per heavy atom. The van der Waals surface area contributed by atoms with Crippen molar-refractivity contribution in [1.29, 1.82) is 0 Å². The van der Waals surface area contributed by atoms with Gasteiger partial charge in [-0.15, -0.1) is 12.4 Å². The maximum Gasteiger partial charge on any atom is 0.408 e. The Morgan fingerprint density at radius 3 is 2.88 bits per heavy atom. The maximum absolute atomic E-state index is 12.1. The van der Waals surface area contributed by atoms with Crippen molar-refractivity contribution in [2.45, 2.75) is 18.8 Å². The highest BCUT2D eigenvalue weighted by Crippen LogP contribution is 2.17. The third kappa shape index (κ3) is 4.14. The molecule has 1 aliphatic rings. The van der Waals surface area contributed by atoms with Crippen LogP contribution in [0.5, 0.6) is 0 Å². The molecule has 0 spiro atoms. The molecule has 0 radical (unpaired) electrons. The van der Waals surface area contributed by atoms with Crippen molar-refractivity contribution in [2.75, 3.05) is 19.8 Å². The molecule has 1 aromatic heterocycles. The van der Waals surface area contributed by atoms with E-state index in [0.717, 1.165) is 11.0 Å². The summed E-state index contributed by atoms with van der Waals surface area (Å²) in [4.78, 5) is 3.83. The molecule has 1 saturated heterocycles. The second kappa shape index (κ2) is 5.65. The van der Waals surface area contributed by atoms with Crippen molar-refractivity contribution in [1.82, 2.24) is 20.1 Å². The predicted molar refractivity (Wildman–Crippen MR) is 54.9 cm³/mol. The fraction of sp³-hybridized carbons (Fsp3) is 0.750. The van der Waals surface area contributed by atoms with Crippen LogP contribution in [0.1, 0.15) is 11.9 Å². The largest absolute Gasteiger partial charge is 0.408 e. The molecule has 9 heteroatoms. The molecule has 17 heavy (non-hydrogen) atoms. The minimum absolute atomic E-state index is 0. The van der Waals surface area contributed by atoms with Gasteiger partial charge in [0.15, 0.2) is 5.82 Å². The molecule has 98 valence electrons. The lowest BCUT2D eigenvalue weighted by atomic mass is 10.3. The SMILES string of the molecule is Cl.FC(F)(F)Cn1cnc(C2COCCN2)n1. The van der Waals surface area contributed by atoms with Crippen LogP contribution in [-0.4, -0.2) is 40.7 Å². The standard InChI is InChI=1S/C8H11F3N4O.ClH/c9-8(10,11)4-15-5-13-7(14-15)6-3-16-2-1-12-6;/h5-6,12H,1-4H2;1H. The number of hydrogen-bond acceptors (Lipinski definition) is 4. The third-order valence-electron chi connectivity index (χ3n) is 2.13. The lowest BCUT2D eigenvalue weighted by molar-refractivity contribution is -0.142. The topological polar surface area (TPSA) is 52.0 Å². The molecule has 1 aromatic rings. The highest BCUT2D eigenvalue weighted by Gasteiger charge is 2.29. The van der Waals surface area contributed by atoms with Crippen LogP contribution in [0.2, 0.25) is 0 Å². The summed E-state index contributed by atoms with van der Waals surface area (Å²) in [7, 11) is 0. The first kappa shape index (κ1) is 14.2. The molecule has 1 fully saturated rings. The summed E-state index contributed by atoms with van der Waals surface area (Å²) in [6.45, 7) is 0.516. The van der Waals surface area contributed by atoms with Gasteiger partial charge in [-0.1, -0.05) is 0 Å². The maximum atomic E-state index is 12.1. The Hall–Kier alpha value is -0.860. The molecular formula is C8H12ClF3N4O. The van der Waals surface area contributed by atoms with E-state index in [4.69, 9.17) is 4.74 Å². The zero-order valence-electron chi connectivity index (χ0n) is 8.78. The van der Waals surface area contributed by atoms with Gasteiger partial charge >= 0.3 is 6.18 Å². The van der Waals surface area contributed by atoms with Crippen molar-refractivity contribution < 1.29 is 17.9 Å². The molecule has 0 aliphatic carbocycles. The van der Waals surface area contributed by atoms with Crippen molar-refractivity contribution in [2.24, 2.45) is 0 Å². The number of morpholine rings is 1. The lowest BCUT2D eigenvalue weighted by Crippen LogP contribution is -2.35. The molecule has 2 rings (SSSR count). The van der Waals surface area contributed by atoms with E-state index in [9.17, 15) is 13.2 Å². The van der Waals surface area contributed by atoms with Gasteiger partial charge in [0.2, 0.25) is 0 Å². The zero-order chi connectivity index (χ0) is 11.6. The van der Waals surface area contributed by atoms with Gasteiger partial charge in [-0.05, 0) is 0 Å². The van der Waals surface area contributed by atoms with Gasteiger partial charge in [0, 0.05) is 6.54 Å². The number of nitrogens with one attached hydrogen (secondary N) is 1. The average Bonchev–Trinajstić information content (AvgIpc) is 2.65. The molecule has 0 aromatic carbocycles. The monoisotopic (exact) mass is 272 g/mol. The van der Waals surface area contributed by atoms with Gasteiger partial charge in [-0.25, -0.2) is 9.67 Å².